The topological polar surface area (TPSA) is 0 Å². The molecule has 0 radical (unpaired) electrons. The van der Waals surface area contributed by atoms with Crippen LogP contribution in [0.15, 0.2) is 48.5 Å². The SMILES string of the molecule is Cc1[cH-]c2cccc(C)c2c1C.Cc1[cH-]c2cccc(C)c2c1C.[Th+2]. The molecular formula is C24H26Th. The second kappa shape index (κ2) is 8.12. The molecule has 0 saturated heterocycles. The molecule has 0 unspecified atom stereocenters. The van der Waals surface area contributed by atoms with Crippen LogP contribution in [0.1, 0.15) is 33.4 Å². The van der Waals surface area contributed by atoms with Crippen LogP contribution in [0.2, 0.25) is 0 Å². The Hall–Kier alpha value is -1.02. The fourth-order valence-electron chi connectivity index (χ4n) is 3.72. The first-order chi connectivity index (χ1) is 11.4. The molecular weight excluding hydrogens is 520 g/mol. The molecule has 0 amide bonds. The van der Waals surface area contributed by atoms with E-state index in [1.807, 2.05) is 0 Å². The van der Waals surface area contributed by atoms with Crippen LogP contribution in [0.25, 0.3) is 21.5 Å². The number of aryl methyl sites for hydroxylation is 6. The van der Waals surface area contributed by atoms with E-state index in [9.17, 15) is 0 Å². The number of rotatable bonds is 0. The van der Waals surface area contributed by atoms with Gasteiger partial charge in [0.2, 0.25) is 0 Å². The Morgan fingerprint density at radius 1 is 0.560 bits per heavy atom. The van der Waals surface area contributed by atoms with Crippen LogP contribution >= 0.6 is 0 Å². The van der Waals surface area contributed by atoms with Gasteiger partial charge in [-0.2, -0.15) is 11.1 Å². The molecule has 126 valence electrons. The van der Waals surface area contributed by atoms with E-state index in [0.717, 1.165) is 0 Å². The first kappa shape index (κ1) is 20.3. The van der Waals surface area contributed by atoms with Crippen LogP contribution < -0.4 is 0 Å². The van der Waals surface area contributed by atoms with Gasteiger partial charge in [-0.1, -0.05) is 51.0 Å². The van der Waals surface area contributed by atoms with Crippen molar-refractivity contribution in [2.75, 3.05) is 0 Å². The molecule has 4 aromatic carbocycles. The normalized spacial score (nSPS) is 10.5. The van der Waals surface area contributed by atoms with Gasteiger partial charge >= 0.3 is 39.9 Å². The second-order valence-electron chi connectivity index (χ2n) is 6.98. The fraction of sp³-hybridized carbons (Fsp3) is 0.250. The third kappa shape index (κ3) is 3.89. The predicted molar refractivity (Wildman–Crippen MR) is 108 cm³/mol. The molecule has 0 spiro atoms. The van der Waals surface area contributed by atoms with Gasteiger partial charge in [-0.3, -0.25) is 0 Å². The van der Waals surface area contributed by atoms with E-state index in [1.165, 1.54) is 54.9 Å². The largest absolute Gasteiger partial charge is 2.00 e. The summed E-state index contributed by atoms with van der Waals surface area (Å²) in [5.41, 5.74) is 8.45. The van der Waals surface area contributed by atoms with Crippen LogP contribution in [0.5, 0.6) is 0 Å². The molecule has 1 heteroatoms. The van der Waals surface area contributed by atoms with Gasteiger partial charge in [-0.15, -0.1) is 69.1 Å². The van der Waals surface area contributed by atoms with Gasteiger partial charge < -0.3 is 0 Å². The summed E-state index contributed by atoms with van der Waals surface area (Å²) in [5.74, 6) is 0. The number of hydrogen-bond donors (Lipinski definition) is 0. The molecule has 0 atom stereocenters. The van der Waals surface area contributed by atoms with Crippen LogP contribution in [0.4, 0.5) is 0 Å². The maximum Gasteiger partial charge on any atom is 2.00 e. The molecule has 0 heterocycles. The minimum Gasteiger partial charge on any atom is -0.153 e. The second-order valence-corrected chi connectivity index (χ2v) is 6.98. The standard InChI is InChI=1S/2C12H13.Th/c2*1-8-5-4-6-11-7-9(2)10(3)12(8)11;/h2*4-7H,1-3H3;/q2*-1;+2. The summed E-state index contributed by atoms with van der Waals surface area (Å²) in [5, 5.41) is 5.64. The van der Waals surface area contributed by atoms with Crippen molar-refractivity contribution in [2.45, 2.75) is 41.5 Å². The first-order valence-electron chi connectivity index (χ1n) is 8.64. The zero-order valence-electron chi connectivity index (χ0n) is 16.1. The minimum absolute atomic E-state index is 0. The molecule has 25 heavy (non-hydrogen) atoms. The van der Waals surface area contributed by atoms with Crippen molar-refractivity contribution in [1.82, 2.24) is 0 Å². The van der Waals surface area contributed by atoms with Gasteiger partial charge in [0.15, 0.2) is 0 Å². The minimum atomic E-state index is 0. The first-order valence-corrected chi connectivity index (χ1v) is 8.64. The number of hydrogen-bond acceptors (Lipinski definition) is 0. The van der Waals surface area contributed by atoms with E-state index < -0.39 is 0 Å². The molecule has 0 nitrogen and oxygen atoms in total. The molecule has 0 N–H and O–H groups in total. The van der Waals surface area contributed by atoms with Crippen molar-refractivity contribution in [3.05, 3.63) is 81.9 Å². The van der Waals surface area contributed by atoms with Gasteiger partial charge in [0.25, 0.3) is 0 Å². The molecule has 4 rings (SSSR count). The molecule has 0 fully saturated rings. The van der Waals surface area contributed by atoms with Crippen molar-refractivity contribution in [2.24, 2.45) is 0 Å². The maximum atomic E-state index is 2.26. The number of fused-ring (bicyclic) bond motifs is 2. The van der Waals surface area contributed by atoms with E-state index in [0.29, 0.717) is 0 Å². The van der Waals surface area contributed by atoms with E-state index in [-0.39, 0.29) is 39.9 Å². The van der Waals surface area contributed by atoms with Crippen molar-refractivity contribution < 1.29 is 39.9 Å². The van der Waals surface area contributed by atoms with Crippen molar-refractivity contribution >= 4 is 21.5 Å². The summed E-state index contributed by atoms with van der Waals surface area (Å²) in [6.07, 6.45) is 0. The Balaban J connectivity index is 0.000000173. The summed E-state index contributed by atoms with van der Waals surface area (Å²) in [4.78, 5) is 0. The Morgan fingerprint density at radius 2 is 0.920 bits per heavy atom. The molecule has 0 aliphatic carbocycles. The van der Waals surface area contributed by atoms with Gasteiger partial charge in [0, 0.05) is 0 Å². The summed E-state index contributed by atoms with van der Waals surface area (Å²) >= 11 is 0. The van der Waals surface area contributed by atoms with E-state index in [1.54, 1.807) is 0 Å². The summed E-state index contributed by atoms with van der Waals surface area (Å²) in [6, 6.07) is 17.5. The fourth-order valence-corrected chi connectivity index (χ4v) is 3.72. The van der Waals surface area contributed by atoms with E-state index in [4.69, 9.17) is 0 Å². The van der Waals surface area contributed by atoms with Crippen LogP contribution in [0.3, 0.4) is 0 Å². The average molecular weight is 547 g/mol. The molecule has 0 aliphatic heterocycles. The van der Waals surface area contributed by atoms with Crippen LogP contribution in [-0.4, -0.2) is 0 Å². The molecule has 0 aliphatic rings. The summed E-state index contributed by atoms with van der Waals surface area (Å²) in [7, 11) is 0. The molecule has 0 bridgehead atoms. The van der Waals surface area contributed by atoms with Crippen LogP contribution in [-0.2, 0) is 0 Å². The predicted octanol–water partition coefficient (Wildman–Crippen LogP) is 6.97. The Bertz CT molecular complexity index is 928. The quantitative estimate of drug-likeness (QED) is 0.209. The van der Waals surface area contributed by atoms with Gasteiger partial charge in [-0.05, 0) is 13.8 Å². The van der Waals surface area contributed by atoms with E-state index >= 15 is 0 Å². The summed E-state index contributed by atoms with van der Waals surface area (Å²) < 4.78 is 0. The molecule has 4 aromatic rings. The monoisotopic (exact) mass is 546 g/mol. The smallest absolute Gasteiger partial charge is 0.153 e. The van der Waals surface area contributed by atoms with Gasteiger partial charge in [-0.25, -0.2) is 0 Å². The molecule has 0 saturated carbocycles. The van der Waals surface area contributed by atoms with Crippen molar-refractivity contribution in [1.29, 1.82) is 0 Å². The van der Waals surface area contributed by atoms with Gasteiger partial charge in [0.1, 0.15) is 0 Å². The van der Waals surface area contributed by atoms with E-state index in [2.05, 4.69) is 90.1 Å². The zero-order valence-corrected chi connectivity index (χ0v) is 20.2. The Kier molecular flexibility index (Phi) is 6.59. The van der Waals surface area contributed by atoms with Gasteiger partial charge in [0.05, 0.1) is 0 Å². The van der Waals surface area contributed by atoms with Crippen molar-refractivity contribution in [3.63, 3.8) is 0 Å². The summed E-state index contributed by atoms with van der Waals surface area (Å²) in [6.45, 7) is 13.1. The van der Waals surface area contributed by atoms with Crippen LogP contribution in [0, 0.1) is 81.5 Å². The van der Waals surface area contributed by atoms with Crippen molar-refractivity contribution in [3.8, 4) is 0 Å². The Morgan fingerprint density at radius 3 is 1.24 bits per heavy atom. The number of benzene rings is 2. The third-order valence-corrected chi connectivity index (χ3v) is 5.29. The average Bonchev–Trinajstić information content (AvgIpc) is 2.99. The zero-order chi connectivity index (χ0) is 17.4. The Labute approximate surface area is 183 Å². The third-order valence-electron chi connectivity index (χ3n) is 5.29. The molecule has 0 aromatic heterocycles. The maximum absolute atomic E-state index is 2.26.